The molecule has 0 bridgehead atoms. The van der Waals surface area contributed by atoms with E-state index in [1.54, 1.807) is 18.9 Å². The molecule has 45 heavy (non-hydrogen) atoms. The molecule has 234 valence electrons. The number of thioether (sulfide) groups is 1. The summed E-state index contributed by atoms with van der Waals surface area (Å²) in [6.45, 7) is 6.23. The van der Waals surface area contributed by atoms with Gasteiger partial charge in [-0.1, -0.05) is 105 Å². The Balaban J connectivity index is 1.36. The van der Waals surface area contributed by atoms with Gasteiger partial charge in [0, 0.05) is 28.7 Å². The minimum Gasteiger partial charge on any atom is -0.496 e. The molecular formula is C37H39NO6S. The Bertz CT molecular complexity index is 1560. The molecule has 7 nitrogen and oxygen atoms in total. The Morgan fingerprint density at radius 3 is 2.40 bits per heavy atom. The van der Waals surface area contributed by atoms with Gasteiger partial charge in [-0.15, -0.1) is 11.8 Å². The van der Waals surface area contributed by atoms with E-state index in [0.29, 0.717) is 6.54 Å². The number of nitrogens with one attached hydrogen (secondary N) is 1. The normalized spacial score (nSPS) is 19.4. The van der Waals surface area contributed by atoms with Gasteiger partial charge in [0.1, 0.15) is 12.4 Å². The number of hydrogen-bond acceptors (Lipinski definition) is 7. The molecule has 0 radical (unpaired) electrons. The molecule has 4 unspecified atom stereocenters. The molecule has 2 N–H and O–H groups in total. The van der Waals surface area contributed by atoms with Gasteiger partial charge in [-0.3, -0.25) is 0 Å². The number of benzene rings is 4. The van der Waals surface area contributed by atoms with Crippen LogP contribution in [0.25, 0.3) is 11.1 Å². The molecule has 5 rings (SSSR count). The number of ether oxygens (including phenoxy) is 4. The van der Waals surface area contributed by atoms with Crippen molar-refractivity contribution in [3.8, 4) is 16.9 Å². The highest BCUT2D eigenvalue weighted by Gasteiger charge is 2.38. The predicted octanol–water partition coefficient (Wildman–Crippen LogP) is 7.85. The summed E-state index contributed by atoms with van der Waals surface area (Å²) in [7, 11) is 1.69. The van der Waals surface area contributed by atoms with Gasteiger partial charge in [0.25, 0.3) is 0 Å². The molecule has 1 heterocycles. The van der Waals surface area contributed by atoms with E-state index in [-0.39, 0.29) is 31.3 Å². The second-order valence-corrected chi connectivity index (χ2v) is 11.9. The van der Waals surface area contributed by atoms with Crippen molar-refractivity contribution in [3.63, 3.8) is 0 Å². The van der Waals surface area contributed by atoms with Crippen LogP contribution in [0.2, 0.25) is 0 Å². The molecule has 0 saturated carbocycles. The van der Waals surface area contributed by atoms with E-state index < -0.39 is 12.4 Å². The minimum absolute atomic E-state index is 0.00377. The number of hydrogen-bond donors (Lipinski definition) is 2. The van der Waals surface area contributed by atoms with Crippen LogP contribution in [-0.2, 0) is 27.4 Å². The molecule has 1 saturated heterocycles. The maximum atomic E-state index is 12.0. The average molecular weight is 626 g/mol. The van der Waals surface area contributed by atoms with Gasteiger partial charge in [0.05, 0.1) is 25.9 Å². The standard InChI is InChI=1S/C37H39NO6S/c1-4-21-42-37(40)38-22-30-9-5-6-10-31(30)27-17-19-29(20-18-27)36-43-33(24-45-34-12-8-7-11-32(34)41-3)25(2)35(44-36)28-15-13-26(23-39)14-16-28/h4-20,25,33,35-36,39H,1,21-24H2,2-3H3,(H,38,40). The van der Waals surface area contributed by atoms with E-state index in [0.717, 1.165) is 49.8 Å². The number of amides is 1. The number of alkyl carbamates (subject to hydrolysis) is 1. The van der Waals surface area contributed by atoms with Gasteiger partial charge in [0.15, 0.2) is 6.29 Å². The molecule has 1 fully saturated rings. The van der Waals surface area contributed by atoms with Gasteiger partial charge < -0.3 is 29.4 Å². The molecule has 0 aromatic heterocycles. The van der Waals surface area contributed by atoms with Gasteiger partial charge in [-0.05, 0) is 39.9 Å². The maximum absolute atomic E-state index is 12.0. The van der Waals surface area contributed by atoms with E-state index in [1.165, 1.54) is 6.08 Å². The zero-order chi connectivity index (χ0) is 31.6. The molecule has 0 spiro atoms. The van der Waals surface area contributed by atoms with Crippen molar-refractivity contribution in [3.05, 3.63) is 132 Å². The first-order valence-corrected chi connectivity index (χ1v) is 16.0. The van der Waals surface area contributed by atoms with E-state index in [2.05, 4.69) is 37.0 Å². The highest BCUT2D eigenvalue weighted by Crippen LogP contribution is 2.44. The minimum atomic E-state index is -0.572. The first kappa shape index (κ1) is 32.3. The Kier molecular flexibility index (Phi) is 11.3. The largest absolute Gasteiger partial charge is 0.496 e. The third-order valence-corrected chi connectivity index (χ3v) is 9.01. The number of para-hydroxylation sites is 1. The predicted molar refractivity (Wildman–Crippen MR) is 177 cm³/mol. The third-order valence-electron chi connectivity index (χ3n) is 7.86. The second kappa shape index (κ2) is 15.8. The van der Waals surface area contributed by atoms with Crippen LogP contribution in [0.5, 0.6) is 5.75 Å². The van der Waals surface area contributed by atoms with E-state index in [9.17, 15) is 9.90 Å². The number of aliphatic hydroxyl groups excluding tert-OH is 1. The molecule has 4 atom stereocenters. The zero-order valence-electron chi connectivity index (χ0n) is 25.6. The Morgan fingerprint density at radius 2 is 1.67 bits per heavy atom. The Morgan fingerprint density at radius 1 is 0.956 bits per heavy atom. The van der Waals surface area contributed by atoms with Gasteiger partial charge in [-0.25, -0.2) is 4.79 Å². The highest BCUT2D eigenvalue weighted by molar-refractivity contribution is 7.99. The van der Waals surface area contributed by atoms with Crippen LogP contribution in [0.1, 0.15) is 41.6 Å². The van der Waals surface area contributed by atoms with Crippen LogP contribution in [-0.4, -0.2) is 36.8 Å². The zero-order valence-corrected chi connectivity index (χ0v) is 26.4. The SMILES string of the molecule is C=CCOC(=O)NCc1ccccc1-c1ccc(C2OC(CSc3ccccc3OC)C(C)C(c3ccc(CO)cc3)O2)cc1. The van der Waals surface area contributed by atoms with Crippen molar-refractivity contribution in [2.24, 2.45) is 5.92 Å². The number of rotatable bonds is 12. The summed E-state index contributed by atoms with van der Waals surface area (Å²) in [5, 5.41) is 12.4. The number of carbonyl (C=O) groups is 1. The van der Waals surface area contributed by atoms with Crippen molar-refractivity contribution in [2.75, 3.05) is 19.5 Å². The lowest BCUT2D eigenvalue weighted by Gasteiger charge is -2.41. The van der Waals surface area contributed by atoms with Crippen LogP contribution >= 0.6 is 11.8 Å². The van der Waals surface area contributed by atoms with Crippen molar-refractivity contribution >= 4 is 17.9 Å². The monoisotopic (exact) mass is 625 g/mol. The quantitative estimate of drug-likeness (QED) is 0.123. The topological polar surface area (TPSA) is 86.3 Å². The summed E-state index contributed by atoms with van der Waals surface area (Å²) in [5.41, 5.74) is 5.82. The van der Waals surface area contributed by atoms with Crippen molar-refractivity contribution < 1.29 is 28.8 Å². The van der Waals surface area contributed by atoms with E-state index >= 15 is 0 Å². The van der Waals surface area contributed by atoms with Gasteiger partial charge >= 0.3 is 6.09 Å². The fourth-order valence-corrected chi connectivity index (χ4v) is 6.54. The highest BCUT2D eigenvalue weighted by atomic mass is 32.2. The molecule has 4 aromatic carbocycles. The lowest BCUT2D eigenvalue weighted by Crippen LogP contribution is -2.38. The number of carbonyl (C=O) groups excluding carboxylic acids is 1. The van der Waals surface area contributed by atoms with Crippen molar-refractivity contribution in [2.45, 2.75) is 43.5 Å². The smallest absolute Gasteiger partial charge is 0.407 e. The van der Waals surface area contributed by atoms with Crippen LogP contribution in [0.4, 0.5) is 4.79 Å². The van der Waals surface area contributed by atoms with E-state index in [1.807, 2.05) is 78.9 Å². The maximum Gasteiger partial charge on any atom is 0.407 e. The van der Waals surface area contributed by atoms with Crippen molar-refractivity contribution in [1.82, 2.24) is 5.32 Å². The second-order valence-electron chi connectivity index (χ2n) is 10.8. The molecular weight excluding hydrogens is 586 g/mol. The van der Waals surface area contributed by atoms with Crippen LogP contribution in [0.3, 0.4) is 0 Å². The van der Waals surface area contributed by atoms with Crippen LogP contribution in [0, 0.1) is 5.92 Å². The fraction of sp³-hybridized carbons (Fsp3) is 0.270. The summed E-state index contributed by atoms with van der Waals surface area (Å²) >= 11 is 1.71. The average Bonchev–Trinajstić information content (AvgIpc) is 3.09. The lowest BCUT2D eigenvalue weighted by atomic mass is 9.91. The molecule has 1 aliphatic rings. The third kappa shape index (κ3) is 8.15. The Hall–Kier alpha value is -4.08. The summed E-state index contributed by atoms with van der Waals surface area (Å²) < 4.78 is 23.9. The molecule has 4 aromatic rings. The summed E-state index contributed by atoms with van der Waals surface area (Å²) in [6.07, 6.45) is 0.171. The molecule has 8 heteroatoms. The van der Waals surface area contributed by atoms with E-state index in [4.69, 9.17) is 18.9 Å². The first-order chi connectivity index (χ1) is 22.0. The lowest BCUT2D eigenvalue weighted by molar-refractivity contribution is -0.268. The fourth-order valence-electron chi connectivity index (χ4n) is 5.35. The summed E-state index contributed by atoms with van der Waals surface area (Å²) in [6, 6.07) is 32.1. The molecule has 1 amide bonds. The Labute approximate surface area is 269 Å². The first-order valence-electron chi connectivity index (χ1n) is 15.0. The van der Waals surface area contributed by atoms with Gasteiger partial charge in [0.2, 0.25) is 0 Å². The summed E-state index contributed by atoms with van der Waals surface area (Å²) in [4.78, 5) is 13.0. The molecule has 0 aliphatic carbocycles. The number of aliphatic hydroxyl groups is 1. The van der Waals surface area contributed by atoms with Gasteiger partial charge in [-0.2, -0.15) is 0 Å². The number of methoxy groups -OCH3 is 1. The summed E-state index contributed by atoms with van der Waals surface area (Å²) in [5.74, 6) is 1.63. The molecule has 1 aliphatic heterocycles. The van der Waals surface area contributed by atoms with Crippen LogP contribution in [0.15, 0.2) is 115 Å². The van der Waals surface area contributed by atoms with Crippen LogP contribution < -0.4 is 10.1 Å². The van der Waals surface area contributed by atoms with Crippen molar-refractivity contribution in [1.29, 1.82) is 0 Å².